The minimum absolute atomic E-state index is 0.144. The predicted molar refractivity (Wildman–Crippen MR) is 169 cm³/mol. The molecular formula is C35H39N5O6. The Morgan fingerprint density at radius 1 is 1.09 bits per heavy atom. The van der Waals surface area contributed by atoms with Gasteiger partial charge in [0, 0.05) is 17.7 Å². The summed E-state index contributed by atoms with van der Waals surface area (Å²) in [6.45, 7) is 11.2. The molecule has 0 saturated heterocycles. The zero-order valence-corrected chi connectivity index (χ0v) is 26.9. The molecule has 240 valence electrons. The standard InChI is InChI=1S/C35H39N5O6/c1-7-34(43,8-2)32(42)37-24-16-20-13-14-25-22(15-20)35(21-11-9-10-12-23(21)38-33(35)45-25)28-27(31-36-18(5)19(6)44-31)40-30(46-28)26(17(3)4)39-29(24)41/h9-15,17,24,26,33,38,43H,7-8,16H2,1-6H3,(H,37,42)(H,39,41)/t24-,26-,33?,35?/m0/s1. The number of hydrogen-bond donors (Lipinski definition) is 4. The molecule has 4 bridgehead atoms. The summed E-state index contributed by atoms with van der Waals surface area (Å²) in [5, 5.41) is 20.5. The average Bonchev–Trinajstić information content (AvgIpc) is 3.78. The van der Waals surface area contributed by atoms with E-state index in [2.05, 4.69) is 22.0 Å². The van der Waals surface area contributed by atoms with E-state index in [-0.39, 0.29) is 31.1 Å². The third kappa shape index (κ3) is 4.35. The molecule has 2 amide bonds. The van der Waals surface area contributed by atoms with Gasteiger partial charge in [-0.1, -0.05) is 58.0 Å². The highest BCUT2D eigenvalue weighted by molar-refractivity contribution is 5.91. The molecule has 2 aromatic heterocycles. The van der Waals surface area contributed by atoms with Crippen LogP contribution in [0.4, 0.5) is 5.69 Å². The largest absolute Gasteiger partial charge is 0.469 e. The van der Waals surface area contributed by atoms with Gasteiger partial charge in [-0.15, -0.1) is 0 Å². The van der Waals surface area contributed by atoms with Gasteiger partial charge in [-0.25, -0.2) is 9.97 Å². The maximum Gasteiger partial charge on any atom is 0.252 e. The van der Waals surface area contributed by atoms with Gasteiger partial charge < -0.3 is 34.6 Å². The van der Waals surface area contributed by atoms with Gasteiger partial charge in [0.2, 0.25) is 17.7 Å². The van der Waals surface area contributed by atoms with Crippen molar-refractivity contribution in [3.63, 3.8) is 0 Å². The van der Waals surface area contributed by atoms with Crippen molar-refractivity contribution in [3.05, 3.63) is 82.3 Å². The van der Waals surface area contributed by atoms with E-state index in [0.717, 1.165) is 28.1 Å². The Bertz CT molecular complexity index is 1840. The zero-order chi connectivity index (χ0) is 32.5. The number of carbonyl (C=O) groups is 2. The number of para-hydroxylation sites is 1. The molecule has 4 aromatic rings. The fourth-order valence-electron chi connectivity index (χ4n) is 6.89. The lowest BCUT2D eigenvalue weighted by atomic mass is 9.72. The van der Waals surface area contributed by atoms with Gasteiger partial charge in [0.15, 0.2) is 17.7 Å². The number of fused-ring (bicyclic) bond motifs is 4. The van der Waals surface area contributed by atoms with Crippen molar-refractivity contribution < 1.29 is 28.3 Å². The number of rotatable bonds is 6. The van der Waals surface area contributed by atoms with E-state index in [0.29, 0.717) is 28.9 Å². The predicted octanol–water partition coefficient (Wildman–Crippen LogP) is 4.83. The lowest BCUT2D eigenvalue weighted by Crippen LogP contribution is -2.55. The molecule has 11 heteroatoms. The van der Waals surface area contributed by atoms with E-state index in [1.54, 1.807) is 13.8 Å². The monoisotopic (exact) mass is 625 g/mol. The smallest absolute Gasteiger partial charge is 0.252 e. The Balaban J connectivity index is 1.48. The van der Waals surface area contributed by atoms with Crippen molar-refractivity contribution in [3.8, 4) is 17.3 Å². The van der Waals surface area contributed by atoms with Gasteiger partial charge in [0.1, 0.15) is 34.6 Å². The van der Waals surface area contributed by atoms with Crippen LogP contribution >= 0.6 is 0 Å². The van der Waals surface area contributed by atoms with E-state index in [9.17, 15) is 14.7 Å². The number of aromatic nitrogens is 2. The van der Waals surface area contributed by atoms with E-state index in [4.69, 9.17) is 23.5 Å². The van der Waals surface area contributed by atoms with Crippen LogP contribution in [0.3, 0.4) is 0 Å². The number of anilines is 1. The second-order valence-electron chi connectivity index (χ2n) is 12.9. The van der Waals surface area contributed by atoms with Gasteiger partial charge in [-0.3, -0.25) is 9.59 Å². The molecule has 46 heavy (non-hydrogen) atoms. The molecule has 0 saturated carbocycles. The van der Waals surface area contributed by atoms with Crippen molar-refractivity contribution in [1.82, 2.24) is 20.6 Å². The summed E-state index contributed by atoms with van der Waals surface area (Å²) in [4.78, 5) is 37.1. The number of nitrogens with one attached hydrogen (secondary N) is 3. The van der Waals surface area contributed by atoms with E-state index < -0.39 is 41.1 Å². The Hall–Kier alpha value is -4.64. The highest BCUT2D eigenvalue weighted by Crippen LogP contribution is 2.59. The number of benzene rings is 2. The first-order chi connectivity index (χ1) is 22.0. The number of hydrogen-bond acceptors (Lipinski definition) is 9. The Labute approximate surface area is 267 Å². The number of carbonyl (C=O) groups excluding carboxylic acids is 2. The summed E-state index contributed by atoms with van der Waals surface area (Å²) >= 11 is 0. The Morgan fingerprint density at radius 2 is 1.85 bits per heavy atom. The molecule has 5 heterocycles. The van der Waals surface area contributed by atoms with Crippen LogP contribution in [0.2, 0.25) is 0 Å². The highest BCUT2D eigenvalue weighted by Gasteiger charge is 2.61. The molecule has 3 aliphatic heterocycles. The molecule has 4 N–H and O–H groups in total. The fraction of sp³-hybridized carbons (Fsp3) is 0.429. The molecule has 0 radical (unpaired) electrons. The lowest BCUT2D eigenvalue weighted by molar-refractivity contribution is -0.143. The van der Waals surface area contributed by atoms with E-state index in [1.165, 1.54) is 0 Å². The molecule has 0 aliphatic carbocycles. The van der Waals surface area contributed by atoms with Crippen LogP contribution in [0.25, 0.3) is 11.6 Å². The molecule has 11 nitrogen and oxygen atoms in total. The highest BCUT2D eigenvalue weighted by atomic mass is 16.5. The van der Waals surface area contributed by atoms with Crippen LogP contribution in [-0.2, 0) is 21.4 Å². The van der Waals surface area contributed by atoms with Crippen LogP contribution in [0.5, 0.6) is 5.75 Å². The zero-order valence-electron chi connectivity index (χ0n) is 26.9. The van der Waals surface area contributed by atoms with E-state index >= 15 is 0 Å². The number of aliphatic hydroxyl groups is 1. The summed E-state index contributed by atoms with van der Waals surface area (Å²) in [5.74, 6) is 1.28. The second kappa shape index (κ2) is 10.7. The molecule has 1 spiro atoms. The van der Waals surface area contributed by atoms with Crippen LogP contribution in [-0.4, -0.2) is 44.8 Å². The summed E-state index contributed by atoms with van der Waals surface area (Å²) in [6, 6.07) is 12.2. The van der Waals surface area contributed by atoms with Crippen molar-refractivity contribution in [2.45, 2.75) is 90.1 Å². The number of amides is 2. The summed E-state index contributed by atoms with van der Waals surface area (Å²) in [7, 11) is 0. The topological polar surface area (TPSA) is 152 Å². The third-order valence-corrected chi connectivity index (χ3v) is 9.86. The minimum Gasteiger partial charge on any atom is -0.469 e. The van der Waals surface area contributed by atoms with Crippen molar-refractivity contribution in [1.29, 1.82) is 0 Å². The number of aryl methyl sites for hydroxylation is 2. The second-order valence-corrected chi connectivity index (χ2v) is 12.9. The van der Waals surface area contributed by atoms with Gasteiger partial charge >= 0.3 is 0 Å². The molecule has 2 unspecified atom stereocenters. The van der Waals surface area contributed by atoms with Crippen LogP contribution < -0.4 is 20.7 Å². The number of oxazole rings is 2. The molecule has 4 atom stereocenters. The lowest BCUT2D eigenvalue weighted by Gasteiger charge is -2.30. The van der Waals surface area contributed by atoms with Crippen molar-refractivity contribution >= 4 is 17.5 Å². The quantitative estimate of drug-likeness (QED) is 0.236. The van der Waals surface area contributed by atoms with Gasteiger partial charge in [0.05, 0.1) is 5.69 Å². The van der Waals surface area contributed by atoms with E-state index in [1.807, 2.05) is 64.1 Å². The maximum atomic E-state index is 14.0. The van der Waals surface area contributed by atoms with Gasteiger partial charge in [-0.05, 0) is 55.9 Å². The third-order valence-electron chi connectivity index (χ3n) is 9.86. The number of ether oxygens (including phenoxy) is 1. The minimum atomic E-state index is -1.59. The van der Waals surface area contributed by atoms with Gasteiger partial charge in [-0.2, -0.15) is 0 Å². The first-order valence-corrected chi connectivity index (χ1v) is 16.0. The SMILES string of the molecule is CCC(O)(CC)C(=O)N[C@H]1Cc2ccc3c(c2)C2(c4ccccc4NC2O3)c2oc(nc2-c2nc(C)c(C)o2)[C@H](C(C)C)NC1=O. The Morgan fingerprint density at radius 3 is 2.54 bits per heavy atom. The first kappa shape index (κ1) is 30.0. The normalized spacial score (nSPS) is 23.0. The summed E-state index contributed by atoms with van der Waals surface area (Å²) in [6.07, 6.45) is 0.0482. The first-order valence-electron chi connectivity index (χ1n) is 16.0. The molecule has 0 fully saturated rings. The summed E-state index contributed by atoms with van der Waals surface area (Å²) < 4.78 is 19.6. The van der Waals surface area contributed by atoms with Gasteiger partial charge in [0.25, 0.3) is 5.91 Å². The summed E-state index contributed by atoms with van der Waals surface area (Å²) in [5.41, 5.74) is 2.07. The molecular weight excluding hydrogens is 586 g/mol. The van der Waals surface area contributed by atoms with Crippen molar-refractivity contribution in [2.75, 3.05) is 5.32 Å². The van der Waals surface area contributed by atoms with Crippen LogP contribution in [0, 0.1) is 19.8 Å². The average molecular weight is 626 g/mol. The number of nitrogens with zero attached hydrogens (tertiary/aromatic N) is 2. The maximum absolute atomic E-state index is 14.0. The molecule has 7 rings (SSSR count). The fourth-order valence-corrected chi connectivity index (χ4v) is 6.89. The van der Waals surface area contributed by atoms with Crippen LogP contribution in [0.15, 0.2) is 51.3 Å². The molecule has 3 aliphatic rings. The Kier molecular flexibility index (Phi) is 7.00. The molecule has 2 aromatic carbocycles. The van der Waals surface area contributed by atoms with Crippen molar-refractivity contribution in [2.24, 2.45) is 5.92 Å². The van der Waals surface area contributed by atoms with Crippen LogP contribution in [0.1, 0.15) is 86.4 Å².